The predicted octanol–water partition coefficient (Wildman–Crippen LogP) is 3.71. The van der Waals surface area contributed by atoms with Crippen LogP contribution in [-0.2, 0) is 6.42 Å². The number of azide groups is 1. The zero-order valence-corrected chi connectivity index (χ0v) is 13.8. The Hall–Kier alpha value is -2.22. The highest BCUT2D eigenvalue weighted by molar-refractivity contribution is 9.10. The zero-order valence-electron chi connectivity index (χ0n) is 11.4. The first kappa shape index (κ1) is 16.2. The molecule has 1 aromatic carbocycles. The van der Waals surface area contributed by atoms with Gasteiger partial charge in [-0.2, -0.15) is 5.10 Å². The Balaban J connectivity index is 1.88. The van der Waals surface area contributed by atoms with Crippen molar-refractivity contribution in [3.63, 3.8) is 0 Å². The van der Waals surface area contributed by atoms with Crippen molar-refractivity contribution >= 4 is 44.8 Å². The molecule has 0 aliphatic rings. The van der Waals surface area contributed by atoms with E-state index in [1.54, 1.807) is 18.3 Å². The molecule has 0 spiro atoms. The smallest absolute Gasteiger partial charge is 0.172 e. The second-order valence-electron chi connectivity index (χ2n) is 4.18. The molecule has 0 radical (unpaired) electrons. The summed E-state index contributed by atoms with van der Waals surface area (Å²) < 4.78 is 0.778. The minimum atomic E-state index is 0.447. The van der Waals surface area contributed by atoms with E-state index in [2.05, 4.69) is 46.8 Å². The maximum atomic E-state index is 8.54. The Labute approximate surface area is 140 Å². The fraction of sp³-hybridized carbons (Fsp3) is 0.154. The average molecular weight is 378 g/mol. The van der Waals surface area contributed by atoms with Gasteiger partial charge in [-0.25, -0.2) is 0 Å². The second-order valence-corrected chi connectivity index (χ2v) is 5.44. The van der Waals surface area contributed by atoms with Crippen molar-refractivity contribution in [3.8, 4) is 0 Å². The minimum Gasteiger partial charge on any atom is -0.362 e. The molecule has 1 aromatic heterocycles. The first-order valence-corrected chi connectivity index (χ1v) is 7.56. The molecule has 112 valence electrons. The van der Waals surface area contributed by atoms with Crippen LogP contribution in [0.3, 0.4) is 0 Å². The number of benzene rings is 1. The molecule has 0 atom stereocenters. The summed E-state index contributed by atoms with van der Waals surface area (Å²) in [4.78, 5) is 2.82. The molecule has 2 rings (SSSR count). The Bertz CT molecular complexity index is 715. The average Bonchev–Trinajstić information content (AvgIpc) is 2.51. The molecule has 7 nitrogen and oxygen atoms in total. The Morgan fingerprint density at radius 3 is 2.95 bits per heavy atom. The highest BCUT2D eigenvalue weighted by Gasteiger charge is 2.04. The number of nitrogens with one attached hydrogen (secondary N) is 2. The standard InChI is InChI=1S/C13H12BrN7S/c14-10-6-8-17-20-12(10)18-13(22)16-7-5-9-3-1-2-4-11(9)19-21-15/h1-4,6,8H,5,7H2,(H2,16,18,20,22). The van der Waals surface area contributed by atoms with Crippen LogP contribution in [0.4, 0.5) is 11.5 Å². The molecule has 2 N–H and O–H groups in total. The summed E-state index contributed by atoms with van der Waals surface area (Å²) in [6, 6.07) is 9.20. The summed E-state index contributed by atoms with van der Waals surface area (Å²) in [6.45, 7) is 0.599. The number of halogens is 1. The number of thiocarbonyl (C=S) groups is 1. The van der Waals surface area contributed by atoms with Crippen LogP contribution in [0.25, 0.3) is 10.4 Å². The Morgan fingerprint density at radius 1 is 1.36 bits per heavy atom. The van der Waals surface area contributed by atoms with E-state index in [1.807, 2.05) is 18.2 Å². The highest BCUT2D eigenvalue weighted by Crippen LogP contribution is 2.19. The SMILES string of the molecule is [N-]=[N+]=Nc1ccccc1CCNC(=S)Nc1nnccc1Br. The molecule has 0 saturated heterocycles. The zero-order chi connectivity index (χ0) is 15.8. The minimum absolute atomic E-state index is 0.447. The first-order valence-electron chi connectivity index (χ1n) is 6.35. The quantitative estimate of drug-likeness (QED) is 0.358. The van der Waals surface area contributed by atoms with Gasteiger partial charge in [0.2, 0.25) is 0 Å². The van der Waals surface area contributed by atoms with Gasteiger partial charge in [0.25, 0.3) is 0 Å². The van der Waals surface area contributed by atoms with Gasteiger partial charge >= 0.3 is 0 Å². The van der Waals surface area contributed by atoms with Gasteiger partial charge in [-0.1, -0.05) is 29.4 Å². The fourth-order valence-corrected chi connectivity index (χ4v) is 2.23. The molecule has 0 bridgehead atoms. The number of anilines is 1. The largest absolute Gasteiger partial charge is 0.362 e. The van der Waals surface area contributed by atoms with Crippen LogP contribution in [0.15, 0.2) is 46.1 Å². The summed E-state index contributed by atoms with van der Waals surface area (Å²) in [5, 5.41) is 17.9. The third kappa shape index (κ3) is 4.66. The van der Waals surface area contributed by atoms with Crippen molar-refractivity contribution in [1.29, 1.82) is 0 Å². The van der Waals surface area contributed by atoms with Crippen molar-refractivity contribution in [1.82, 2.24) is 15.5 Å². The van der Waals surface area contributed by atoms with Gasteiger partial charge < -0.3 is 10.6 Å². The van der Waals surface area contributed by atoms with Gasteiger partial charge in [-0.05, 0) is 51.7 Å². The van der Waals surface area contributed by atoms with Gasteiger partial charge in [-0.15, -0.1) is 5.10 Å². The molecule has 9 heteroatoms. The van der Waals surface area contributed by atoms with Gasteiger partial charge in [0.1, 0.15) is 0 Å². The lowest BCUT2D eigenvalue weighted by molar-refractivity contribution is 0.871. The van der Waals surface area contributed by atoms with E-state index >= 15 is 0 Å². The van der Waals surface area contributed by atoms with Crippen LogP contribution in [0, 0.1) is 0 Å². The first-order chi connectivity index (χ1) is 10.7. The van der Waals surface area contributed by atoms with E-state index in [1.165, 1.54) is 0 Å². The second kappa shape index (κ2) is 8.28. The molecule has 0 aliphatic carbocycles. The van der Waals surface area contributed by atoms with E-state index in [-0.39, 0.29) is 0 Å². The lowest BCUT2D eigenvalue weighted by Gasteiger charge is -2.11. The molecule has 0 fully saturated rings. The normalized spacial score (nSPS) is 9.68. The Morgan fingerprint density at radius 2 is 2.18 bits per heavy atom. The summed E-state index contributed by atoms with van der Waals surface area (Å²) in [5.41, 5.74) is 10.1. The monoisotopic (exact) mass is 377 g/mol. The molecular weight excluding hydrogens is 366 g/mol. The van der Waals surface area contributed by atoms with Gasteiger partial charge in [0.05, 0.1) is 10.7 Å². The summed E-state index contributed by atoms with van der Waals surface area (Å²) in [6.07, 6.45) is 2.26. The number of hydrogen-bond donors (Lipinski definition) is 2. The van der Waals surface area contributed by atoms with Gasteiger partial charge in [0.15, 0.2) is 10.9 Å². The molecule has 0 amide bonds. The molecule has 0 saturated carbocycles. The predicted molar refractivity (Wildman–Crippen MR) is 92.9 cm³/mol. The topological polar surface area (TPSA) is 98.6 Å². The molecule has 0 unspecified atom stereocenters. The van der Waals surface area contributed by atoms with Crippen molar-refractivity contribution in [2.75, 3.05) is 11.9 Å². The lowest BCUT2D eigenvalue weighted by Crippen LogP contribution is -2.30. The number of nitrogens with zero attached hydrogens (tertiary/aromatic N) is 5. The van der Waals surface area contributed by atoms with Crippen molar-refractivity contribution in [2.24, 2.45) is 5.11 Å². The highest BCUT2D eigenvalue weighted by atomic mass is 79.9. The molecular formula is C13H12BrN7S. The third-order valence-corrected chi connectivity index (χ3v) is 3.61. The number of hydrogen-bond acceptors (Lipinski definition) is 4. The van der Waals surface area contributed by atoms with Crippen molar-refractivity contribution in [2.45, 2.75) is 6.42 Å². The van der Waals surface area contributed by atoms with Crippen LogP contribution in [-0.4, -0.2) is 21.9 Å². The summed E-state index contributed by atoms with van der Waals surface area (Å²) in [7, 11) is 0. The van der Waals surface area contributed by atoms with E-state index in [9.17, 15) is 0 Å². The maximum absolute atomic E-state index is 8.54. The van der Waals surface area contributed by atoms with Crippen molar-refractivity contribution in [3.05, 3.63) is 57.0 Å². The van der Waals surface area contributed by atoms with Crippen LogP contribution in [0.5, 0.6) is 0 Å². The molecule has 0 aliphatic heterocycles. The number of rotatable bonds is 5. The van der Waals surface area contributed by atoms with E-state index in [0.717, 1.165) is 10.0 Å². The van der Waals surface area contributed by atoms with Crippen LogP contribution in [0.2, 0.25) is 0 Å². The third-order valence-electron chi connectivity index (χ3n) is 2.73. The summed E-state index contributed by atoms with van der Waals surface area (Å²) in [5.74, 6) is 0.550. The fourth-order valence-electron chi connectivity index (χ4n) is 1.73. The number of aromatic nitrogens is 2. The van der Waals surface area contributed by atoms with Gasteiger partial charge in [-0.3, -0.25) is 0 Å². The lowest BCUT2D eigenvalue weighted by atomic mass is 10.1. The molecule has 1 heterocycles. The van der Waals surface area contributed by atoms with E-state index < -0.39 is 0 Å². The van der Waals surface area contributed by atoms with Crippen LogP contribution >= 0.6 is 28.1 Å². The Kier molecular flexibility index (Phi) is 6.08. The van der Waals surface area contributed by atoms with Gasteiger partial charge in [0, 0.05) is 17.1 Å². The molecule has 22 heavy (non-hydrogen) atoms. The van der Waals surface area contributed by atoms with E-state index in [0.29, 0.717) is 29.6 Å². The van der Waals surface area contributed by atoms with Crippen LogP contribution < -0.4 is 10.6 Å². The van der Waals surface area contributed by atoms with Crippen LogP contribution in [0.1, 0.15) is 5.56 Å². The van der Waals surface area contributed by atoms with E-state index in [4.69, 9.17) is 17.7 Å². The summed E-state index contributed by atoms with van der Waals surface area (Å²) >= 11 is 8.56. The maximum Gasteiger partial charge on any atom is 0.172 e. The van der Waals surface area contributed by atoms with Crippen molar-refractivity contribution < 1.29 is 0 Å². The molecule has 2 aromatic rings.